The number of benzene rings is 1. The van der Waals surface area contributed by atoms with Crippen molar-refractivity contribution in [2.24, 2.45) is 5.92 Å². The van der Waals surface area contributed by atoms with Crippen LogP contribution in [0.15, 0.2) is 24.3 Å². The van der Waals surface area contributed by atoms with E-state index in [2.05, 4.69) is 17.6 Å². The molecule has 0 saturated carbocycles. The van der Waals surface area contributed by atoms with Crippen LogP contribution in [-0.2, 0) is 0 Å². The highest BCUT2D eigenvalue weighted by Crippen LogP contribution is 2.19. The number of Topliss-reactive ketones (excluding diaryl/α,β-unsaturated/α-hetero) is 1. The van der Waals surface area contributed by atoms with Crippen LogP contribution in [0.1, 0.15) is 30.1 Å². The topological polar surface area (TPSA) is 41.1 Å². The summed E-state index contributed by atoms with van der Waals surface area (Å²) in [5.74, 6) is 0.510. The molecule has 0 aliphatic carbocycles. The third-order valence-corrected chi connectivity index (χ3v) is 3.26. The van der Waals surface area contributed by atoms with E-state index in [1.165, 1.54) is 0 Å². The van der Waals surface area contributed by atoms with Crippen molar-refractivity contribution in [2.75, 3.05) is 25.0 Å². The van der Waals surface area contributed by atoms with E-state index in [0.29, 0.717) is 5.78 Å². The highest BCUT2D eigenvalue weighted by atomic mass is 16.1. The maximum Gasteiger partial charge on any atom is 0.166 e. The molecular weight excluding hydrogens is 212 g/mol. The first-order valence-electron chi connectivity index (χ1n) is 6.40. The molecular formula is C14H20N2O. The number of carbonyl (C=O) groups excluding carboxylic acids is 1. The number of hydrogen-bond donors (Lipinski definition) is 2. The molecule has 1 saturated heterocycles. The second-order valence-electron chi connectivity index (χ2n) is 4.50. The van der Waals surface area contributed by atoms with Crippen molar-refractivity contribution in [1.82, 2.24) is 5.32 Å². The third kappa shape index (κ3) is 3.07. The van der Waals surface area contributed by atoms with Gasteiger partial charge in [0.05, 0.1) is 0 Å². The van der Waals surface area contributed by atoms with Crippen LogP contribution >= 0.6 is 0 Å². The van der Waals surface area contributed by atoms with Gasteiger partial charge in [0, 0.05) is 23.7 Å². The largest absolute Gasteiger partial charge is 0.385 e. The number of nitrogens with one attached hydrogen (secondary N) is 2. The van der Waals surface area contributed by atoms with E-state index in [1.807, 2.05) is 24.3 Å². The molecule has 0 atom stereocenters. The van der Waals surface area contributed by atoms with Crippen molar-refractivity contribution in [3.63, 3.8) is 0 Å². The van der Waals surface area contributed by atoms with Gasteiger partial charge in [-0.15, -0.1) is 0 Å². The zero-order chi connectivity index (χ0) is 12.1. The summed E-state index contributed by atoms with van der Waals surface area (Å²) in [6.07, 6.45) is 1.93. The average molecular weight is 232 g/mol. The monoisotopic (exact) mass is 232 g/mol. The fraction of sp³-hybridized carbons (Fsp3) is 0.500. The lowest BCUT2D eigenvalue weighted by Gasteiger charge is -2.21. The van der Waals surface area contributed by atoms with Gasteiger partial charge in [-0.05, 0) is 57.1 Å². The summed E-state index contributed by atoms with van der Waals surface area (Å²) in [7, 11) is 0. The Kier molecular flexibility index (Phi) is 4.15. The van der Waals surface area contributed by atoms with Gasteiger partial charge >= 0.3 is 0 Å². The molecule has 1 heterocycles. The average Bonchev–Trinajstić information content (AvgIpc) is 2.40. The first kappa shape index (κ1) is 12.1. The minimum Gasteiger partial charge on any atom is -0.385 e. The minimum atomic E-state index is 0.209. The predicted molar refractivity (Wildman–Crippen MR) is 70.5 cm³/mol. The van der Waals surface area contributed by atoms with Crippen LogP contribution in [-0.4, -0.2) is 25.4 Å². The molecule has 1 fully saturated rings. The van der Waals surface area contributed by atoms with E-state index in [9.17, 15) is 4.79 Å². The Morgan fingerprint density at radius 3 is 2.53 bits per heavy atom. The summed E-state index contributed by atoms with van der Waals surface area (Å²) in [6, 6.07) is 7.83. The molecule has 0 amide bonds. The Morgan fingerprint density at radius 1 is 1.29 bits per heavy atom. The van der Waals surface area contributed by atoms with Crippen molar-refractivity contribution in [1.29, 1.82) is 0 Å². The normalized spacial score (nSPS) is 16.8. The van der Waals surface area contributed by atoms with Crippen LogP contribution in [0.4, 0.5) is 5.69 Å². The second-order valence-corrected chi connectivity index (χ2v) is 4.50. The van der Waals surface area contributed by atoms with Crippen LogP contribution < -0.4 is 10.6 Å². The highest BCUT2D eigenvalue weighted by Gasteiger charge is 2.21. The van der Waals surface area contributed by atoms with E-state index in [-0.39, 0.29) is 5.92 Å². The first-order valence-corrected chi connectivity index (χ1v) is 6.40. The van der Waals surface area contributed by atoms with E-state index in [1.54, 1.807) is 0 Å². The molecule has 0 unspecified atom stereocenters. The molecule has 1 aromatic rings. The molecule has 0 bridgehead atoms. The highest BCUT2D eigenvalue weighted by molar-refractivity contribution is 5.98. The SMILES string of the molecule is CCNc1ccc(C(=O)C2CCNCC2)cc1. The Balaban J connectivity index is 2.03. The smallest absolute Gasteiger partial charge is 0.166 e. The van der Waals surface area contributed by atoms with Gasteiger partial charge in [0.2, 0.25) is 0 Å². The van der Waals surface area contributed by atoms with E-state index >= 15 is 0 Å². The molecule has 0 aromatic heterocycles. The lowest BCUT2D eigenvalue weighted by Crippen LogP contribution is -2.31. The van der Waals surface area contributed by atoms with Crippen LogP contribution in [0.2, 0.25) is 0 Å². The number of carbonyl (C=O) groups is 1. The molecule has 1 aromatic carbocycles. The molecule has 0 spiro atoms. The van der Waals surface area contributed by atoms with Crippen molar-refractivity contribution in [3.8, 4) is 0 Å². The number of piperidine rings is 1. The fourth-order valence-corrected chi connectivity index (χ4v) is 2.28. The van der Waals surface area contributed by atoms with Crippen molar-refractivity contribution in [3.05, 3.63) is 29.8 Å². The quantitative estimate of drug-likeness (QED) is 0.783. The maximum absolute atomic E-state index is 12.2. The predicted octanol–water partition coefficient (Wildman–Crippen LogP) is 2.30. The summed E-state index contributed by atoms with van der Waals surface area (Å²) < 4.78 is 0. The number of ketones is 1. The summed E-state index contributed by atoms with van der Waals surface area (Å²) in [5, 5.41) is 6.52. The third-order valence-electron chi connectivity index (χ3n) is 3.26. The molecule has 17 heavy (non-hydrogen) atoms. The Labute approximate surface area is 103 Å². The molecule has 2 N–H and O–H groups in total. The van der Waals surface area contributed by atoms with Crippen LogP contribution in [0.25, 0.3) is 0 Å². The lowest BCUT2D eigenvalue weighted by atomic mass is 9.89. The van der Waals surface area contributed by atoms with Crippen LogP contribution in [0.3, 0.4) is 0 Å². The Hall–Kier alpha value is -1.35. The summed E-state index contributed by atoms with van der Waals surface area (Å²) >= 11 is 0. The van der Waals surface area contributed by atoms with Gasteiger partial charge in [-0.25, -0.2) is 0 Å². The number of rotatable bonds is 4. The standard InChI is InChI=1S/C14H20N2O/c1-2-16-13-5-3-11(4-6-13)14(17)12-7-9-15-10-8-12/h3-6,12,15-16H,2,7-10H2,1H3. The van der Waals surface area contributed by atoms with Gasteiger partial charge in [0.25, 0.3) is 0 Å². The second kappa shape index (κ2) is 5.82. The van der Waals surface area contributed by atoms with Gasteiger partial charge in [-0.1, -0.05) is 0 Å². The van der Waals surface area contributed by atoms with Crippen LogP contribution in [0, 0.1) is 5.92 Å². The lowest BCUT2D eigenvalue weighted by molar-refractivity contribution is 0.0895. The van der Waals surface area contributed by atoms with E-state index < -0.39 is 0 Å². The van der Waals surface area contributed by atoms with Gasteiger partial charge in [0.1, 0.15) is 0 Å². The number of anilines is 1. The Morgan fingerprint density at radius 2 is 1.94 bits per heavy atom. The van der Waals surface area contributed by atoms with Crippen molar-refractivity contribution >= 4 is 11.5 Å². The zero-order valence-corrected chi connectivity index (χ0v) is 10.3. The van der Waals surface area contributed by atoms with Crippen LogP contribution in [0.5, 0.6) is 0 Å². The maximum atomic E-state index is 12.2. The summed E-state index contributed by atoms with van der Waals surface area (Å²) in [6.45, 7) is 4.90. The summed E-state index contributed by atoms with van der Waals surface area (Å²) in [4.78, 5) is 12.2. The van der Waals surface area contributed by atoms with E-state index in [0.717, 1.165) is 43.7 Å². The first-order chi connectivity index (χ1) is 8.31. The van der Waals surface area contributed by atoms with Crippen molar-refractivity contribution in [2.45, 2.75) is 19.8 Å². The summed E-state index contributed by atoms with van der Waals surface area (Å²) in [5.41, 5.74) is 1.92. The van der Waals surface area contributed by atoms with Gasteiger partial charge in [-0.2, -0.15) is 0 Å². The van der Waals surface area contributed by atoms with Gasteiger partial charge < -0.3 is 10.6 Å². The minimum absolute atomic E-state index is 0.209. The number of hydrogen-bond acceptors (Lipinski definition) is 3. The molecule has 3 nitrogen and oxygen atoms in total. The fourth-order valence-electron chi connectivity index (χ4n) is 2.28. The van der Waals surface area contributed by atoms with Gasteiger partial charge in [0.15, 0.2) is 5.78 Å². The van der Waals surface area contributed by atoms with Gasteiger partial charge in [-0.3, -0.25) is 4.79 Å². The molecule has 1 aliphatic rings. The zero-order valence-electron chi connectivity index (χ0n) is 10.3. The van der Waals surface area contributed by atoms with E-state index in [4.69, 9.17) is 0 Å². The molecule has 0 radical (unpaired) electrons. The Bertz CT molecular complexity index is 366. The molecule has 2 rings (SSSR count). The molecule has 1 aliphatic heterocycles. The molecule has 92 valence electrons. The molecule has 3 heteroatoms. The van der Waals surface area contributed by atoms with Crippen molar-refractivity contribution < 1.29 is 4.79 Å².